The fourth-order valence-electron chi connectivity index (χ4n) is 1.59. The highest BCUT2D eigenvalue weighted by Crippen LogP contribution is 2.10. The number of aliphatic carboxylic acids is 1. The first-order valence-electron chi connectivity index (χ1n) is 5.70. The Morgan fingerprint density at radius 2 is 1.89 bits per heavy atom. The lowest BCUT2D eigenvalue weighted by atomic mass is 10.1. The van der Waals surface area contributed by atoms with E-state index >= 15 is 0 Å². The monoisotopic (exact) mass is 271 g/mol. The second kappa shape index (κ2) is 6.51. The summed E-state index contributed by atoms with van der Waals surface area (Å²) in [6.07, 6.45) is 0.442. The summed E-state index contributed by atoms with van der Waals surface area (Å²) >= 11 is 0. The van der Waals surface area contributed by atoms with Crippen LogP contribution in [-0.4, -0.2) is 25.2 Å². The first kappa shape index (κ1) is 14.7. The van der Waals surface area contributed by atoms with Gasteiger partial charge in [-0.3, -0.25) is 4.79 Å². The molecule has 1 aromatic carbocycles. The molecular formula is C12H17NO4S. The third kappa shape index (κ3) is 4.85. The Morgan fingerprint density at radius 1 is 1.28 bits per heavy atom. The van der Waals surface area contributed by atoms with Gasteiger partial charge in [0.05, 0.1) is 12.2 Å². The van der Waals surface area contributed by atoms with Crippen molar-refractivity contribution in [2.45, 2.75) is 26.3 Å². The molecule has 100 valence electrons. The van der Waals surface area contributed by atoms with Crippen molar-refractivity contribution < 1.29 is 18.3 Å². The van der Waals surface area contributed by atoms with Crippen molar-refractivity contribution in [3.05, 3.63) is 35.4 Å². The van der Waals surface area contributed by atoms with Gasteiger partial charge in [0, 0.05) is 6.54 Å². The van der Waals surface area contributed by atoms with E-state index in [2.05, 4.69) is 4.72 Å². The number of rotatable bonds is 7. The quantitative estimate of drug-likeness (QED) is 0.779. The van der Waals surface area contributed by atoms with Gasteiger partial charge in [0.25, 0.3) is 0 Å². The Hall–Kier alpha value is -1.40. The molecule has 0 saturated heterocycles. The summed E-state index contributed by atoms with van der Waals surface area (Å²) in [4.78, 5) is 10.7. The lowest BCUT2D eigenvalue weighted by Crippen LogP contribution is -2.26. The standard InChI is InChI=1S/C12H17NO4S/c1-2-7-18(16,17)13-9-11-6-4-3-5-10(11)8-12(14)15/h3-6,13H,2,7-9H2,1H3,(H,14,15). The van der Waals surface area contributed by atoms with Crippen molar-refractivity contribution in [1.82, 2.24) is 4.72 Å². The fraction of sp³-hybridized carbons (Fsp3) is 0.417. The van der Waals surface area contributed by atoms with Crippen molar-refractivity contribution in [3.63, 3.8) is 0 Å². The maximum absolute atomic E-state index is 11.5. The van der Waals surface area contributed by atoms with Crippen LogP contribution in [0.1, 0.15) is 24.5 Å². The molecule has 0 atom stereocenters. The van der Waals surface area contributed by atoms with Gasteiger partial charge < -0.3 is 5.11 Å². The van der Waals surface area contributed by atoms with Gasteiger partial charge in [-0.2, -0.15) is 0 Å². The van der Waals surface area contributed by atoms with Crippen LogP contribution in [0, 0.1) is 0 Å². The van der Waals surface area contributed by atoms with Crippen LogP contribution in [0.3, 0.4) is 0 Å². The molecule has 0 saturated carbocycles. The summed E-state index contributed by atoms with van der Waals surface area (Å²) in [7, 11) is -3.27. The van der Waals surface area contributed by atoms with Crippen LogP contribution < -0.4 is 4.72 Å². The Bertz CT molecular complexity index is 511. The molecule has 0 aliphatic heterocycles. The molecule has 0 aliphatic rings. The van der Waals surface area contributed by atoms with Crippen LogP contribution in [0.25, 0.3) is 0 Å². The third-order valence-electron chi connectivity index (χ3n) is 2.42. The molecule has 0 aromatic heterocycles. The van der Waals surface area contributed by atoms with E-state index in [1.165, 1.54) is 0 Å². The Kier molecular flexibility index (Phi) is 5.30. The zero-order chi connectivity index (χ0) is 13.6. The summed E-state index contributed by atoms with van der Waals surface area (Å²) < 4.78 is 25.5. The predicted molar refractivity (Wildman–Crippen MR) is 68.7 cm³/mol. The van der Waals surface area contributed by atoms with Gasteiger partial charge in [0.15, 0.2) is 0 Å². The van der Waals surface area contributed by atoms with Crippen LogP contribution >= 0.6 is 0 Å². The zero-order valence-electron chi connectivity index (χ0n) is 10.2. The van der Waals surface area contributed by atoms with Crippen LogP contribution in [-0.2, 0) is 27.8 Å². The van der Waals surface area contributed by atoms with Crippen molar-refractivity contribution in [2.75, 3.05) is 5.75 Å². The number of carbonyl (C=O) groups is 1. The minimum Gasteiger partial charge on any atom is -0.481 e. The van der Waals surface area contributed by atoms with E-state index < -0.39 is 16.0 Å². The summed E-state index contributed by atoms with van der Waals surface area (Å²) in [6.45, 7) is 1.92. The summed E-state index contributed by atoms with van der Waals surface area (Å²) in [5, 5.41) is 8.77. The zero-order valence-corrected chi connectivity index (χ0v) is 11.0. The topological polar surface area (TPSA) is 83.5 Å². The van der Waals surface area contributed by atoms with Gasteiger partial charge >= 0.3 is 5.97 Å². The molecular weight excluding hydrogens is 254 g/mol. The molecule has 6 heteroatoms. The van der Waals surface area contributed by atoms with E-state index in [1.54, 1.807) is 31.2 Å². The minimum atomic E-state index is -3.27. The molecule has 0 amide bonds. The number of benzene rings is 1. The normalized spacial score (nSPS) is 11.4. The van der Waals surface area contributed by atoms with Crippen LogP contribution in [0.2, 0.25) is 0 Å². The van der Waals surface area contributed by atoms with Crippen LogP contribution in [0.5, 0.6) is 0 Å². The smallest absolute Gasteiger partial charge is 0.307 e. The van der Waals surface area contributed by atoms with E-state index in [9.17, 15) is 13.2 Å². The van der Waals surface area contributed by atoms with E-state index in [1.807, 2.05) is 0 Å². The highest BCUT2D eigenvalue weighted by Gasteiger charge is 2.11. The SMILES string of the molecule is CCCS(=O)(=O)NCc1ccccc1CC(=O)O. The first-order valence-corrected chi connectivity index (χ1v) is 7.35. The molecule has 2 N–H and O–H groups in total. The largest absolute Gasteiger partial charge is 0.481 e. The number of carboxylic acids is 1. The molecule has 0 fully saturated rings. The van der Waals surface area contributed by atoms with Gasteiger partial charge in [-0.05, 0) is 17.5 Å². The molecule has 5 nitrogen and oxygen atoms in total. The average molecular weight is 271 g/mol. The second-order valence-electron chi connectivity index (χ2n) is 3.98. The number of sulfonamides is 1. The maximum Gasteiger partial charge on any atom is 0.307 e. The lowest BCUT2D eigenvalue weighted by Gasteiger charge is -2.09. The fourth-order valence-corrected chi connectivity index (χ4v) is 2.65. The highest BCUT2D eigenvalue weighted by atomic mass is 32.2. The van der Waals surface area contributed by atoms with Gasteiger partial charge in [-0.1, -0.05) is 31.2 Å². The van der Waals surface area contributed by atoms with E-state index in [0.29, 0.717) is 17.5 Å². The lowest BCUT2D eigenvalue weighted by molar-refractivity contribution is -0.136. The van der Waals surface area contributed by atoms with Gasteiger partial charge in [-0.15, -0.1) is 0 Å². The average Bonchev–Trinajstić information content (AvgIpc) is 2.27. The number of nitrogens with one attached hydrogen (secondary N) is 1. The molecule has 0 heterocycles. The van der Waals surface area contributed by atoms with Crippen molar-refractivity contribution >= 4 is 16.0 Å². The van der Waals surface area contributed by atoms with E-state index in [-0.39, 0.29) is 18.7 Å². The molecule has 1 aromatic rings. The molecule has 0 spiro atoms. The van der Waals surface area contributed by atoms with Crippen LogP contribution in [0.15, 0.2) is 24.3 Å². The number of hydrogen-bond acceptors (Lipinski definition) is 3. The molecule has 0 aliphatic carbocycles. The predicted octanol–water partition coefficient (Wildman–Crippen LogP) is 1.14. The van der Waals surface area contributed by atoms with Crippen molar-refractivity contribution in [2.24, 2.45) is 0 Å². The Labute approximate surface area is 107 Å². The molecule has 0 bridgehead atoms. The van der Waals surface area contributed by atoms with Crippen LogP contribution in [0.4, 0.5) is 0 Å². The van der Waals surface area contributed by atoms with Crippen molar-refractivity contribution in [1.29, 1.82) is 0 Å². The molecule has 18 heavy (non-hydrogen) atoms. The van der Waals surface area contributed by atoms with Crippen molar-refractivity contribution in [3.8, 4) is 0 Å². The summed E-state index contributed by atoms with van der Waals surface area (Å²) in [5.41, 5.74) is 1.32. The Morgan fingerprint density at radius 3 is 2.44 bits per heavy atom. The number of hydrogen-bond donors (Lipinski definition) is 2. The first-order chi connectivity index (χ1) is 8.44. The van der Waals surface area contributed by atoms with Gasteiger partial charge in [0.1, 0.15) is 0 Å². The third-order valence-corrected chi connectivity index (χ3v) is 3.95. The number of carboxylic acid groups (broad SMARTS) is 1. The second-order valence-corrected chi connectivity index (χ2v) is 5.91. The molecule has 0 radical (unpaired) electrons. The van der Waals surface area contributed by atoms with E-state index in [4.69, 9.17) is 5.11 Å². The minimum absolute atomic E-state index is 0.0775. The highest BCUT2D eigenvalue weighted by molar-refractivity contribution is 7.89. The maximum atomic E-state index is 11.5. The van der Waals surface area contributed by atoms with Gasteiger partial charge in [0.2, 0.25) is 10.0 Å². The van der Waals surface area contributed by atoms with E-state index in [0.717, 1.165) is 0 Å². The van der Waals surface area contributed by atoms with Gasteiger partial charge in [-0.25, -0.2) is 13.1 Å². The summed E-state index contributed by atoms with van der Waals surface area (Å²) in [6, 6.07) is 6.92. The molecule has 1 rings (SSSR count). The molecule has 0 unspecified atom stereocenters. The Balaban J connectivity index is 2.76. The summed E-state index contributed by atoms with van der Waals surface area (Å²) in [5.74, 6) is -0.854.